The van der Waals surface area contributed by atoms with Crippen molar-refractivity contribution in [2.24, 2.45) is 0 Å². The lowest BCUT2D eigenvalue weighted by Crippen LogP contribution is -2.55. The lowest BCUT2D eigenvalue weighted by Gasteiger charge is -2.33. The minimum atomic E-state index is -1.34. The molecule has 2 aliphatic rings. The fourth-order valence-electron chi connectivity index (χ4n) is 4.39. The molecule has 2 amide bonds. The number of hydrogen-bond acceptors (Lipinski definition) is 4. The van der Waals surface area contributed by atoms with Crippen LogP contribution in [0.1, 0.15) is 61.9 Å². The summed E-state index contributed by atoms with van der Waals surface area (Å²) in [7, 11) is 0. The molecule has 1 aromatic carbocycles. The molecule has 0 unspecified atom stereocenters. The Morgan fingerprint density at radius 1 is 1.00 bits per heavy atom. The largest absolute Gasteiger partial charge is 0.451 e. The van der Waals surface area contributed by atoms with Crippen LogP contribution in [-0.2, 0) is 4.79 Å². The van der Waals surface area contributed by atoms with E-state index in [2.05, 4.69) is 10.6 Å². The smallest absolute Gasteiger partial charge is 0.287 e. The molecule has 1 aromatic heterocycles. The van der Waals surface area contributed by atoms with Crippen molar-refractivity contribution >= 4 is 22.8 Å². The average Bonchev–Trinajstić information content (AvgIpc) is 3.29. The summed E-state index contributed by atoms with van der Waals surface area (Å²) in [5.41, 5.74) is -1.38. The number of nitrogens with one attached hydrogen (secondary N) is 2. The van der Waals surface area contributed by atoms with Crippen LogP contribution < -0.4 is 10.6 Å². The molecule has 8 heteroatoms. The van der Waals surface area contributed by atoms with E-state index in [1.165, 1.54) is 6.07 Å². The fraction of sp³-hybridized carbons (Fsp3) is 0.524. The van der Waals surface area contributed by atoms with Gasteiger partial charge in [-0.25, -0.2) is 8.78 Å². The zero-order valence-corrected chi connectivity index (χ0v) is 16.0. The first-order valence-corrected chi connectivity index (χ1v) is 10.1. The number of fused-ring (bicyclic) bond motifs is 1. The maximum atomic E-state index is 13.8. The summed E-state index contributed by atoms with van der Waals surface area (Å²) in [6, 6.07) is 2.38. The molecule has 0 saturated heterocycles. The topological polar surface area (TPSA) is 91.6 Å². The van der Waals surface area contributed by atoms with E-state index < -0.39 is 23.1 Å². The average molecular weight is 406 g/mol. The first kappa shape index (κ1) is 19.8. The minimum Gasteiger partial charge on any atom is -0.451 e. The lowest BCUT2D eigenvalue weighted by atomic mass is 9.84. The van der Waals surface area contributed by atoms with Crippen LogP contribution in [-0.4, -0.2) is 34.6 Å². The Morgan fingerprint density at radius 2 is 1.69 bits per heavy atom. The normalized spacial score (nSPS) is 23.8. The molecule has 0 bridgehead atoms. The van der Waals surface area contributed by atoms with Crippen LogP contribution in [0.4, 0.5) is 8.78 Å². The van der Waals surface area contributed by atoms with Crippen molar-refractivity contribution in [3.63, 3.8) is 0 Å². The van der Waals surface area contributed by atoms with Gasteiger partial charge < -0.3 is 20.2 Å². The molecule has 2 saturated carbocycles. The van der Waals surface area contributed by atoms with Gasteiger partial charge in [-0.2, -0.15) is 0 Å². The van der Waals surface area contributed by atoms with Crippen molar-refractivity contribution < 1.29 is 27.9 Å². The van der Waals surface area contributed by atoms with Crippen LogP contribution in [0.5, 0.6) is 0 Å². The van der Waals surface area contributed by atoms with E-state index in [9.17, 15) is 23.5 Å². The van der Waals surface area contributed by atoms with Crippen LogP contribution in [0.15, 0.2) is 22.6 Å². The molecule has 2 fully saturated rings. The molecule has 2 aliphatic carbocycles. The standard InChI is InChI=1S/C21H24F2N2O4/c22-12-9-14(23)13-11-18(29-17(13)10-12)19(26)24-15-5-4-6-16(15)25-20(27)21(28)7-2-1-3-8-21/h9-11,15-16,28H,1-8H2,(H,24,26)(H,25,27)/t15-,16-/m1/s1. The molecule has 0 aliphatic heterocycles. The second-order valence-corrected chi connectivity index (χ2v) is 8.09. The summed E-state index contributed by atoms with van der Waals surface area (Å²) in [5.74, 6) is -2.63. The summed E-state index contributed by atoms with van der Waals surface area (Å²) < 4.78 is 32.5. The van der Waals surface area contributed by atoms with Crippen LogP contribution >= 0.6 is 0 Å². The lowest BCUT2D eigenvalue weighted by molar-refractivity contribution is -0.143. The Bertz CT molecular complexity index is 936. The molecule has 29 heavy (non-hydrogen) atoms. The van der Waals surface area contributed by atoms with Crippen molar-refractivity contribution in [3.8, 4) is 0 Å². The number of rotatable bonds is 4. The molecule has 2 aromatic rings. The highest BCUT2D eigenvalue weighted by Gasteiger charge is 2.40. The fourth-order valence-corrected chi connectivity index (χ4v) is 4.39. The van der Waals surface area contributed by atoms with E-state index in [0.29, 0.717) is 25.7 Å². The molecule has 0 radical (unpaired) electrons. The Hall–Kier alpha value is -2.48. The molecule has 6 nitrogen and oxygen atoms in total. The highest BCUT2D eigenvalue weighted by Crippen LogP contribution is 2.30. The molecular weight excluding hydrogens is 382 g/mol. The van der Waals surface area contributed by atoms with Crippen molar-refractivity contribution in [3.05, 3.63) is 35.6 Å². The Kier molecular flexibility index (Phi) is 5.29. The minimum absolute atomic E-state index is 0.0346. The first-order chi connectivity index (χ1) is 13.9. The molecule has 1 heterocycles. The van der Waals surface area contributed by atoms with Gasteiger partial charge in [0.15, 0.2) is 5.76 Å². The molecule has 4 rings (SSSR count). The number of aliphatic hydroxyl groups is 1. The first-order valence-electron chi connectivity index (χ1n) is 10.1. The van der Waals surface area contributed by atoms with Crippen LogP contribution in [0.2, 0.25) is 0 Å². The highest BCUT2D eigenvalue weighted by molar-refractivity contribution is 5.96. The van der Waals surface area contributed by atoms with Gasteiger partial charge in [-0.15, -0.1) is 0 Å². The Balaban J connectivity index is 1.43. The van der Waals surface area contributed by atoms with Gasteiger partial charge in [-0.3, -0.25) is 9.59 Å². The molecule has 2 atom stereocenters. The van der Waals surface area contributed by atoms with Crippen molar-refractivity contribution in [1.29, 1.82) is 0 Å². The van der Waals surface area contributed by atoms with Gasteiger partial charge in [0.1, 0.15) is 22.8 Å². The zero-order chi connectivity index (χ0) is 20.6. The summed E-state index contributed by atoms with van der Waals surface area (Å²) in [6.07, 6.45) is 5.71. The van der Waals surface area contributed by atoms with E-state index in [4.69, 9.17) is 4.42 Å². The van der Waals surface area contributed by atoms with Gasteiger partial charge in [0.2, 0.25) is 0 Å². The molecule has 156 valence electrons. The predicted octanol–water partition coefficient (Wildman–Crippen LogP) is 3.17. The van der Waals surface area contributed by atoms with Crippen molar-refractivity contribution in [1.82, 2.24) is 10.6 Å². The quantitative estimate of drug-likeness (QED) is 0.727. The summed E-state index contributed by atoms with van der Waals surface area (Å²) in [5, 5.41) is 16.3. The van der Waals surface area contributed by atoms with Gasteiger partial charge in [0.05, 0.1) is 5.39 Å². The number of carbonyl (C=O) groups excluding carboxylic acids is 2. The highest BCUT2D eigenvalue weighted by atomic mass is 19.1. The van der Waals surface area contributed by atoms with Gasteiger partial charge in [0.25, 0.3) is 11.8 Å². The van der Waals surface area contributed by atoms with E-state index in [-0.39, 0.29) is 34.7 Å². The number of amides is 2. The third kappa shape index (κ3) is 3.99. The third-order valence-electron chi connectivity index (χ3n) is 6.03. The molecular formula is C21H24F2N2O4. The second kappa shape index (κ2) is 7.74. The maximum Gasteiger partial charge on any atom is 0.287 e. The third-order valence-corrected chi connectivity index (χ3v) is 6.03. The van der Waals surface area contributed by atoms with E-state index in [0.717, 1.165) is 37.8 Å². The van der Waals surface area contributed by atoms with Crippen LogP contribution in [0.25, 0.3) is 11.0 Å². The molecule has 3 N–H and O–H groups in total. The number of furan rings is 1. The Labute approximate surface area is 166 Å². The maximum absolute atomic E-state index is 13.8. The van der Waals surface area contributed by atoms with E-state index >= 15 is 0 Å². The van der Waals surface area contributed by atoms with Gasteiger partial charge >= 0.3 is 0 Å². The summed E-state index contributed by atoms with van der Waals surface area (Å²) in [4.78, 5) is 25.2. The van der Waals surface area contributed by atoms with Gasteiger partial charge in [0, 0.05) is 30.3 Å². The summed E-state index contributed by atoms with van der Waals surface area (Å²) >= 11 is 0. The number of carbonyl (C=O) groups is 2. The molecule has 0 spiro atoms. The van der Waals surface area contributed by atoms with Crippen molar-refractivity contribution in [2.45, 2.75) is 69.1 Å². The number of halogens is 2. The van der Waals surface area contributed by atoms with Crippen molar-refractivity contribution in [2.75, 3.05) is 0 Å². The zero-order valence-electron chi connectivity index (χ0n) is 16.0. The monoisotopic (exact) mass is 406 g/mol. The SMILES string of the molecule is O=C(N[C@@H]1CCC[C@H]1NC(=O)C1(O)CCCCC1)c1cc2c(F)cc(F)cc2o1. The number of benzene rings is 1. The van der Waals surface area contributed by atoms with Gasteiger partial charge in [-0.1, -0.05) is 19.3 Å². The van der Waals surface area contributed by atoms with E-state index in [1.807, 2.05) is 0 Å². The summed E-state index contributed by atoms with van der Waals surface area (Å²) in [6.45, 7) is 0. The van der Waals surface area contributed by atoms with Crippen LogP contribution in [0, 0.1) is 11.6 Å². The predicted molar refractivity (Wildman–Crippen MR) is 101 cm³/mol. The van der Waals surface area contributed by atoms with E-state index in [1.54, 1.807) is 0 Å². The van der Waals surface area contributed by atoms with Crippen LogP contribution in [0.3, 0.4) is 0 Å². The van der Waals surface area contributed by atoms with Gasteiger partial charge in [-0.05, 0) is 32.1 Å². The second-order valence-electron chi connectivity index (χ2n) is 8.09. The number of hydrogen-bond donors (Lipinski definition) is 3. The Morgan fingerprint density at radius 3 is 2.41 bits per heavy atom.